The van der Waals surface area contributed by atoms with Crippen LogP contribution in [0.1, 0.15) is 127 Å². The lowest BCUT2D eigenvalue weighted by molar-refractivity contribution is -0.160. The number of pyridine rings is 3. The number of para-hydroxylation sites is 3. The van der Waals surface area contributed by atoms with Crippen LogP contribution >= 0.6 is 0 Å². The Morgan fingerprint density at radius 2 is 0.597 bits per heavy atom. The molecule has 0 saturated carbocycles. The van der Waals surface area contributed by atoms with E-state index in [2.05, 4.69) is 78.8 Å². The molecule has 6 atom stereocenters. The number of carbonyl (C=O) groups is 19. The number of carboxylic acids is 4. The van der Waals surface area contributed by atoms with E-state index >= 15 is 0 Å². The van der Waals surface area contributed by atoms with Crippen molar-refractivity contribution in [2.75, 3.05) is 128 Å². The lowest BCUT2D eigenvalue weighted by atomic mass is 10.1. The molecular formula is C90H101F6N25O23. The molecule has 144 heavy (non-hydrogen) atoms. The molecule has 4 aliphatic rings. The summed E-state index contributed by atoms with van der Waals surface area (Å²) in [6.07, 6.45) is -4.88. The summed E-state index contributed by atoms with van der Waals surface area (Å²) >= 11 is 0. The van der Waals surface area contributed by atoms with E-state index in [1.165, 1.54) is 91.4 Å². The number of aromatic nitrogens is 3. The van der Waals surface area contributed by atoms with Crippen LogP contribution in [0.2, 0.25) is 0 Å². The highest BCUT2D eigenvalue weighted by Gasteiger charge is 2.50. The zero-order chi connectivity index (χ0) is 105. The van der Waals surface area contributed by atoms with E-state index in [9.17, 15) is 154 Å². The summed E-state index contributed by atoms with van der Waals surface area (Å²) in [4.78, 5) is 270. The van der Waals surface area contributed by atoms with Gasteiger partial charge in [0.1, 0.15) is 36.3 Å². The van der Waals surface area contributed by atoms with Crippen LogP contribution in [0, 0.1) is 34.0 Å². The van der Waals surface area contributed by atoms with Gasteiger partial charge in [0.25, 0.3) is 35.5 Å². The lowest BCUT2D eigenvalue weighted by Gasteiger charge is -2.46. The van der Waals surface area contributed by atoms with Gasteiger partial charge < -0.3 is 98.9 Å². The van der Waals surface area contributed by atoms with E-state index in [0.717, 1.165) is 19.6 Å². The molecule has 7 heterocycles. The molecule has 0 aliphatic carbocycles. The van der Waals surface area contributed by atoms with Crippen LogP contribution in [-0.2, 0) is 76.7 Å². The van der Waals surface area contributed by atoms with Crippen molar-refractivity contribution in [2.45, 2.75) is 150 Å². The van der Waals surface area contributed by atoms with Crippen LogP contribution in [0.5, 0.6) is 0 Å². The van der Waals surface area contributed by atoms with Crippen molar-refractivity contribution in [1.82, 2.24) is 97.1 Å². The second-order valence-corrected chi connectivity index (χ2v) is 33.9. The Bertz CT molecular complexity index is 5830. The molecule has 3 aromatic heterocycles. The minimum absolute atomic E-state index is 0.0173. The summed E-state index contributed by atoms with van der Waals surface area (Å²) in [5.74, 6) is -28.0. The van der Waals surface area contributed by atoms with Crippen molar-refractivity contribution in [1.29, 1.82) is 15.8 Å². The van der Waals surface area contributed by atoms with E-state index in [4.69, 9.17) is 0 Å². The Hall–Kier alpha value is -16.3. The molecule has 3 aromatic carbocycles. The van der Waals surface area contributed by atoms with Crippen LogP contribution in [0.4, 0.5) is 43.4 Å². The second kappa shape index (κ2) is 50.7. The minimum atomic E-state index is -3.30. The van der Waals surface area contributed by atoms with Gasteiger partial charge in [0.05, 0.1) is 141 Å². The third-order valence-corrected chi connectivity index (χ3v) is 23.3. The standard InChI is InChI=1S/C90H101F6N25O23/c91-88(92)34-51(37-97)119(44-88)75(131)40-109-82(136)57-22-25-106-79-54(57)4-1-7-60(79)112-72(128)19-16-69(125)103-31-28-100-66(122)13-10-63(85(139)140)116-47-115(43-78(134)135)48-117(64(86(141)142)11-14-67(123)101-29-32-104-70(126)17-20-73(129)113-61-8-2-5-55-58(23-26-107-80(55)61)83(137)110-41-76(132)120-45-89(93,94)35-52(120)38-98)50-118(49-116)65(87(143)144)12-15-68(124)102-30-33-105-71(127)18-21-74(130)114-62-9-3-6-56-59(24-27-108-81(56)62)84(138)111-42-77(133)121-46-90(95,96)36-53(121)39-99/h1-9,22-27,51-53,63-65H,10-21,28-36,40-50H2,(H,100,122)(H,101,123)(H,102,124)(H,103,125)(H,104,126)(H,105,127)(H,109,136)(H,110,137)(H,111,138)(H,112,128)(H,113,129)(H,114,130)(H,134,135)(H,139,140)(H,141,142)(H,143,144)/t51-,52-,53-,63?,64?,65?/m0/s1. The molecule has 10 rings (SSSR count). The van der Waals surface area contributed by atoms with Crippen molar-refractivity contribution in [2.24, 2.45) is 0 Å². The average molecular weight is 2010 g/mol. The number of likely N-dealkylation sites (tertiary alicyclic amines) is 3. The molecule has 16 N–H and O–H groups in total. The highest BCUT2D eigenvalue weighted by Crippen LogP contribution is 2.36. The van der Waals surface area contributed by atoms with Crippen LogP contribution in [0.25, 0.3) is 32.7 Å². The number of halogens is 6. The van der Waals surface area contributed by atoms with Crippen LogP contribution in [0.15, 0.2) is 91.4 Å². The Morgan fingerprint density at radius 1 is 0.347 bits per heavy atom. The first-order chi connectivity index (χ1) is 68.4. The molecule has 4 aliphatic heterocycles. The molecule has 0 bridgehead atoms. The van der Waals surface area contributed by atoms with E-state index in [0.29, 0.717) is 14.7 Å². The molecule has 0 radical (unpaired) electrons. The fourth-order valence-electron chi connectivity index (χ4n) is 16.4. The number of benzene rings is 3. The Labute approximate surface area is 814 Å². The van der Waals surface area contributed by atoms with Crippen LogP contribution in [0.3, 0.4) is 0 Å². The molecule has 4 fully saturated rings. The van der Waals surface area contributed by atoms with Crippen molar-refractivity contribution in [3.05, 3.63) is 108 Å². The summed E-state index contributed by atoms with van der Waals surface area (Å²) in [5, 5.41) is 101. The van der Waals surface area contributed by atoms with Gasteiger partial charge in [-0.2, -0.15) is 15.8 Å². The number of carboxylic acid groups (broad SMARTS) is 4. The van der Waals surface area contributed by atoms with Gasteiger partial charge in [0.15, 0.2) is 0 Å². The first kappa shape index (κ1) is 110. The number of hydrogen-bond donors (Lipinski definition) is 16. The number of amides is 15. The number of aliphatic carboxylic acids is 4. The lowest BCUT2D eigenvalue weighted by Crippen LogP contribution is -2.63. The Balaban J connectivity index is 0.721. The van der Waals surface area contributed by atoms with E-state index in [-0.39, 0.29) is 106 Å². The summed E-state index contributed by atoms with van der Waals surface area (Å²) in [6, 6.07) is 12.5. The van der Waals surface area contributed by atoms with Crippen molar-refractivity contribution in [3.63, 3.8) is 0 Å². The van der Waals surface area contributed by atoms with Gasteiger partial charge in [-0.05, 0) is 55.7 Å². The van der Waals surface area contributed by atoms with Crippen molar-refractivity contribution in [3.8, 4) is 18.2 Å². The van der Waals surface area contributed by atoms with Gasteiger partial charge in [0.2, 0.25) is 70.9 Å². The Morgan fingerprint density at radius 3 is 0.847 bits per heavy atom. The summed E-state index contributed by atoms with van der Waals surface area (Å²) in [6.45, 7) is -10.5. The summed E-state index contributed by atoms with van der Waals surface area (Å²) < 4.78 is 84.1. The van der Waals surface area contributed by atoms with Gasteiger partial charge >= 0.3 is 23.9 Å². The first-order valence-corrected chi connectivity index (χ1v) is 45.0. The number of nitrogens with one attached hydrogen (secondary N) is 12. The molecule has 15 amide bonds. The second-order valence-electron chi connectivity index (χ2n) is 33.9. The van der Waals surface area contributed by atoms with E-state index < -0.39 is 335 Å². The van der Waals surface area contributed by atoms with E-state index in [1.54, 1.807) is 18.2 Å². The SMILES string of the molecule is N#C[C@@H]1CC(F)(F)CN1C(=O)CNC(=O)c1ccnc2c(NC(=O)CCC(=O)NCCNC(=O)CCC(C(=O)O)N3CN(CC(=O)O)CN(C(CCC(=O)NCCNC(=O)CCC(=O)Nc4cccc5c(C(=O)NCC(=O)N6CC(F)(F)C[C@H]6C#N)ccnc45)C(=O)O)CN(C(CCC(=O)NCCNC(=O)CCC(=O)Nc4cccc5c(C(=O)NCC(=O)N6CC(F)(F)C[C@H]6C#N)ccnc45)C(=O)O)C3)cccc12. The number of nitriles is 3. The third-order valence-electron chi connectivity index (χ3n) is 23.3. The summed E-state index contributed by atoms with van der Waals surface area (Å²) in [7, 11) is 0. The normalized spacial score (nSPS) is 17.2. The largest absolute Gasteiger partial charge is 0.480 e. The fourth-order valence-corrected chi connectivity index (χ4v) is 16.4. The monoisotopic (exact) mass is 2010 g/mol. The smallest absolute Gasteiger partial charge is 0.321 e. The van der Waals surface area contributed by atoms with Crippen molar-refractivity contribution < 1.29 is 138 Å². The number of rotatable bonds is 47. The number of fused-ring (bicyclic) bond motifs is 3. The van der Waals surface area contributed by atoms with Gasteiger partial charge in [0, 0.05) is 151 Å². The third kappa shape index (κ3) is 31.4. The zero-order valence-electron chi connectivity index (χ0n) is 76.9. The van der Waals surface area contributed by atoms with Gasteiger partial charge in [-0.15, -0.1) is 0 Å². The number of anilines is 3. The number of alkyl halides is 6. The topological polar surface area (TPSA) is 682 Å². The van der Waals surface area contributed by atoms with Crippen LogP contribution < -0.4 is 63.8 Å². The maximum atomic E-state index is 14.0. The van der Waals surface area contributed by atoms with Gasteiger partial charge in [-0.1, -0.05) is 36.4 Å². The van der Waals surface area contributed by atoms with Gasteiger partial charge in [-0.25, -0.2) is 26.3 Å². The zero-order valence-corrected chi connectivity index (χ0v) is 76.9. The molecule has 48 nitrogen and oxygen atoms in total. The van der Waals surface area contributed by atoms with E-state index in [1.807, 2.05) is 0 Å². The predicted octanol–water partition coefficient (Wildman–Crippen LogP) is -0.110. The quantitative estimate of drug-likeness (QED) is 0.0175. The molecule has 3 unspecified atom stereocenters. The number of nitrogens with zero attached hydrogens (tertiary/aromatic N) is 13. The minimum Gasteiger partial charge on any atom is -0.480 e. The number of hydrogen-bond acceptors (Lipinski definition) is 29. The fraction of sp³-hybridized carbons (Fsp3) is 0.456. The maximum Gasteiger partial charge on any atom is 0.321 e. The predicted molar refractivity (Wildman–Crippen MR) is 487 cm³/mol. The molecular weight excluding hydrogens is 1910 g/mol. The molecule has 766 valence electrons. The maximum absolute atomic E-state index is 14.0. The van der Waals surface area contributed by atoms with Crippen LogP contribution in [-0.4, -0.2) is 348 Å². The molecule has 0 spiro atoms. The summed E-state index contributed by atoms with van der Waals surface area (Å²) in [5.41, 5.74) is 0.598. The average Bonchev–Trinajstić information content (AvgIpc) is 1.15. The highest BCUT2D eigenvalue weighted by atomic mass is 19.3. The molecule has 54 heteroatoms. The first-order valence-electron chi connectivity index (χ1n) is 45.0. The van der Waals surface area contributed by atoms with Crippen molar-refractivity contribution >= 4 is 162 Å². The Kier molecular flexibility index (Phi) is 38.6. The highest BCUT2D eigenvalue weighted by molar-refractivity contribution is 6.14. The van der Waals surface area contributed by atoms with Gasteiger partial charge in [-0.3, -0.25) is 126 Å². The molecule has 6 aromatic rings. The number of carbonyl (C=O) groups excluding carboxylic acids is 15. The molecule has 4 saturated heterocycles.